The maximum absolute atomic E-state index is 13.5. The highest BCUT2D eigenvalue weighted by Crippen LogP contribution is 2.17. The van der Waals surface area contributed by atoms with E-state index >= 15 is 0 Å². The minimum Gasteiger partial charge on any atom is -0.344 e. The number of hydrogen-bond acceptors (Lipinski definition) is 2. The van der Waals surface area contributed by atoms with Crippen molar-refractivity contribution in [3.05, 3.63) is 65.5 Å². The number of amides is 1. The van der Waals surface area contributed by atoms with Gasteiger partial charge in [-0.2, -0.15) is 0 Å². The summed E-state index contributed by atoms with van der Waals surface area (Å²) in [6.45, 7) is 1.62. The van der Waals surface area contributed by atoms with Gasteiger partial charge in [-0.1, -0.05) is 12.1 Å². The van der Waals surface area contributed by atoms with Gasteiger partial charge in [0.25, 0.3) is 5.91 Å². The highest BCUT2D eigenvalue weighted by molar-refractivity contribution is 5.92. The van der Waals surface area contributed by atoms with Gasteiger partial charge < -0.3 is 5.32 Å². The Bertz CT molecular complexity index is 587. The lowest BCUT2D eigenvalue weighted by atomic mass is 10.1. The predicted molar refractivity (Wildman–Crippen MR) is 66.5 cm³/mol. The third-order valence-electron chi connectivity index (χ3n) is 2.67. The molecule has 0 bridgehead atoms. The molecule has 5 heteroatoms. The molecule has 0 saturated heterocycles. The van der Waals surface area contributed by atoms with E-state index in [0.29, 0.717) is 0 Å². The largest absolute Gasteiger partial charge is 0.344 e. The van der Waals surface area contributed by atoms with Crippen LogP contribution >= 0.6 is 0 Å². The molecule has 2 aromatic rings. The quantitative estimate of drug-likeness (QED) is 0.924. The number of rotatable bonds is 3. The Balaban J connectivity index is 2.13. The minimum absolute atomic E-state index is 0.227. The standard InChI is InChI=1S/C14H12F2N2O/c1-9(11-6-5-10(15)8-12(11)16)18-14(19)13-4-2-3-7-17-13/h2-9H,1H3,(H,18,19)/t9-/m0/s1. The second-order valence-corrected chi connectivity index (χ2v) is 4.08. The van der Waals surface area contributed by atoms with Crippen molar-refractivity contribution in [2.24, 2.45) is 0 Å². The molecule has 19 heavy (non-hydrogen) atoms. The average molecular weight is 262 g/mol. The zero-order valence-corrected chi connectivity index (χ0v) is 10.2. The molecule has 1 atom stereocenters. The van der Waals surface area contributed by atoms with Gasteiger partial charge in [0.1, 0.15) is 17.3 Å². The molecule has 0 aliphatic rings. The van der Waals surface area contributed by atoms with Crippen molar-refractivity contribution in [1.82, 2.24) is 10.3 Å². The second kappa shape index (κ2) is 5.56. The summed E-state index contributed by atoms with van der Waals surface area (Å²) in [5.74, 6) is -1.74. The zero-order valence-electron chi connectivity index (χ0n) is 10.2. The molecular formula is C14H12F2N2O. The smallest absolute Gasteiger partial charge is 0.270 e. The Kier molecular flexibility index (Phi) is 3.85. The monoisotopic (exact) mass is 262 g/mol. The van der Waals surface area contributed by atoms with Gasteiger partial charge in [0, 0.05) is 17.8 Å². The molecule has 3 nitrogen and oxygen atoms in total. The van der Waals surface area contributed by atoms with Crippen LogP contribution in [0.3, 0.4) is 0 Å². The lowest BCUT2D eigenvalue weighted by Gasteiger charge is -2.14. The Morgan fingerprint density at radius 3 is 2.68 bits per heavy atom. The molecule has 0 aliphatic heterocycles. The maximum atomic E-state index is 13.5. The summed E-state index contributed by atoms with van der Waals surface area (Å²) < 4.78 is 26.3. The summed E-state index contributed by atoms with van der Waals surface area (Å²) in [4.78, 5) is 15.7. The molecule has 1 aromatic carbocycles. The number of pyridine rings is 1. The molecule has 0 fully saturated rings. The van der Waals surface area contributed by atoms with E-state index in [9.17, 15) is 13.6 Å². The van der Waals surface area contributed by atoms with E-state index in [1.54, 1.807) is 25.1 Å². The van der Waals surface area contributed by atoms with Crippen molar-refractivity contribution in [2.75, 3.05) is 0 Å². The minimum atomic E-state index is -0.686. The van der Waals surface area contributed by atoms with E-state index in [-0.39, 0.29) is 11.3 Å². The fourth-order valence-electron chi connectivity index (χ4n) is 1.70. The van der Waals surface area contributed by atoms with Gasteiger partial charge >= 0.3 is 0 Å². The first kappa shape index (κ1) is 13.1. The van der Waals surface area contributed by atoms with E-state index in [4.69, 9.17) is 0 Å². The van der Waals surface area contributed by atoms with E-state index in [0.717, 1.165) is 12.1 Å². The first-order valence-corrected chi connectivity index (χ1v) is 5.75. The maximum Gasteiger partial charge on any atom is 0.270 e. The second-order valence-electron chi connectivity index (χ2n) is 4.08. The summed E-state index contributed by atoms with van der Waals surface area (Å²) in [6, 6.07) is 7.62. The zero-order chi connectivity index (χ0) is 13.8. The van der Waals surface area contributed by atoms with Gasteiger partial charge in [-0.3, -0.25) is 9.78 Å². The van der Waals surface area contributed by atoms with Crippen LogP contribution in [0.25, 0.3) is 0 Å². The molecule has 1 N–H and O–H groups in total. The van der Waals surface area contributed by atoms with Gasteiger partial charge in [-0.15, -0.1) is 0 Å². The summed E-state index contributed by atoms with van der Waals surface area (Å²) in [6.07, 6.45) is 1.50. The van der Waals surface area contributed by atoms with Crippen LogP contribution in [0, 0.1) is 11.6 Å². The number of hydrogen-bond donors (Lipinski definition) is 1. The Labute approximate surface area is 109 Å². The van der Waals surface area contributed by atoms with Gasteiger partial charge in [0.2, 0.25) is 0 Å². The van der Waals surface area contributed by atoms with Crippen LogP contribution in [-0.4, -0.2) is 10.9 Å². The van der Waals surface area contributed by atoms with Crippen LogP contribution < -0.4 is 5.32 Å². The first-order valence-electron chi connectivity index (χ1n) is 5.75. The van der Waals surface area contributed by atoms with Crippen molar-refractivity contribution in [3.8, 4) is 0 Å². The number of halogens is 2. The highest BCUT2D eigenvalue weighted by atomic mass is 19.1. The van der Waals surface area contributed by atoms with Gasteiger partial charge in [-0.05, 0) is 25.1 Å². The number of carbonyl (C=O) groups excluding carboxylic acids is 1. The van der Waals surface area contributed by atoms with Crippen molar-refractivity contribution >= 4 is 5.91 Å². The first-order chi connectivity index (χ1) is 9.08. The molecular weight excluding hydrogens is 250 g/mol. The molecule has 0 unspecified atom stereocenters. The summed E-state index contributed by atoms with van der Waals surface area (Å²) in [5, 5.41) is 2.61. The van der Waals surface area contributed by atoms with Gasteiger partial charge in [0.05, 0.1) is 6.04 Å². The molecule has 2 rings (SSSR count). The summed E-state index contributed by atoms with van der Waals surface area (Å²) >= 11 is 0. The Morgan fingerprint density at radius 2 is 2.05 bits per heavy atom. The molecule has 0 spiro atoms. The SMILES string of the molecule is C[C@H](NC(=O)c1ccccn1)c1ccc(F)cc1F. The van der Waals surface area contributed by atoms with E-state index in [1.807, 2.05) is 0 Å². The van der Waals surface area contributed by atoms with Crippen LogP contribution in [0.4, 0.5) is 8.78 Å². The van der Waals surface area contributed by atoms with Crippen molar-refractivity contribution in [1.29, 1.82) is 0 Å². The van der Waals surface area contributed by atoms with Gasteiger partial charge in [-0.25, -0.2) is 8.78 Å². The number of nitrogens with one attached hydrogen (secondary N) is 1. The van der Waals surface area contributed by atoms with Crippen LogP contribution in [-0.2, 0) is 0 Å². The number of aromatic nitrogens is 1. The lowest BCUT2D eigenvalue weighted by Crippen LogP contribution is -2.27. The van der Waals surface area contributed by atoms with Crippen molar-refractivity contribution < 1.29 is 13.6 Å². The van der Waals surface area contributed by atoms with E-state index < -0.39 is 23.6 Å². The van der Waals surface area contributed by atoms with E-state index in [1.165, 1.54) is 12.3 Å². The summed E-state index contributed by atoms with van der Waals surface area (Å²) in [7, 11) is 0. The summed E-state index contributed by atoms with van der Waals surface area (Å²) in [5.41, 5.74) is 0.475. The van der Waals surface area contributed by atoms with Crippen LogP contribution in [0.2, 0.25) is 0 Å². The van der Waals surface area contributed by atoms with Crippen LogP contribution in [0.15, 0.2) is 42.6 Å². The lowest BCUT2D eigenvalue weighted by molar-refractivity contribution is 0.0934. The van der Waals surface area contributed by atoms with Gasteiger partial charge in [0.15, 0.2) is 0 Å². The number of carbonyl (C=O) groups is 1. The molecule has 0 saturated carbocycles. The third-order valence-corrected chi connectivity index (χ3v) is 2.67. The normalized spacial score (nSPS) is 11.9. The molecule has 0 aliphatic carbocycles. The fourth-order valence-corrected chi connectivity index (χ4v) is 1.70. The topological polar surface area (TPSA) is 42.0 Å². The average Bonchev–Trinajstić information content (AvgIpc) is 2.39. The predicted octanol–water partition coefficient (Wildman–Crippen LogP) is 2.85. The highest BCUT2D eigenvalue weighted by Gasteiger charge is 2.15. The third kappa shape index (κ3) is 3.13. The molecule has 1 amide bonds. The van der Waals surface area contributed by atoms with Crippen molar-refractivity contribution in [3.63, 3.8) is 0 Å². The molecule has 1 aromatic heterocycles. The molecule has 98 valence electrons. The van der Waals surface area contributed by atoms with Crippen molar-refractivity contribution in [2.45, 2.75) is 13.0 Å². The van der Waals surface area contributed by atoms with E-state index in [2.05, 4.69) is 10.3 Å². The fraction of sp³-hybridized carbons (Fsp3) is 0.143. The number of benzene rings is 1. The number of nitrogens with zero attached hydrogens (tertiary/aromatic N) is 1. The Morgan fingerprint density at radius 1 is 1.26 bits per heavy atom. The molecule has 1 heterocycles. The molecule has 0 radical (unpaired) electrons. The Hall–Kier alpha value is -2.30. The van der Waals surface area contributed by atoms with Crippen LogP contribution in [0.5, 0.6) is 0 Å². The van der Waals surface area contributed by atoms with Crippen LogP contribution in [0.1, 0.15) is 29.0 Å².